The minimum Gasteiger partial charge on any atom is -0.326 e. The molecule has 0 saturated carbocycles. The van der Waals surface area contributed by atoms with Crippen LogP contribution in [0.1, 0.15) is 22.2 Å². The van der Waals surface area contributed by atoms with Crippen LogP contribution in [0.15, 0.2) is 47.4 Å². The van der Waals surface area contributed by atoms with Gasteiger partial charge in [0.25, 0.3) is 0 Å². The summed E-state index contributed by atoms with van der Waals surface area (Å²) in [5, 5.41) is 13.6. The summed E-state index contributed by atoms with van der Waals surface area (Å²) >= 11 is 1.31. The number of thiophene rings is 1. The molecule has 1 N–H and O–H groups in total. The molecule has 0 spiro atoms. The number of nitriles is 1. The van der Waals surface area contributed by atoms with E-state index in [-0.39, 0.29) is 17.3 Å². The van der Waals surface area contributed by atoms with Gasteiger partial charge in [-0.15, -0.1) is 11.3 Å². The first-order valence-electron chi connectivity index (χ1n) is 6.18. The van der Waals surface area contributed by atoms with Crippen LogP contribution >= 0.6 is 11.3 Å². The second-order valence-electron chi connectivity index (χ2n) is 4.28. The Morgan fingerprint density at radius 2 is 1.95 bits per heavy atom. The van der Waals surface area contributed by atoms with Crippen molar-refractivity contribution in [2.45, 2.75) is 6.92 Å². The van der Waals surface area contributed by atoms with E-state index in [2.05, 4.69) is 5.32 Å². The lowest BCUT2D eigenvalue weighted by molar-refractivity contribution is -0.114. The van der Waals surface area contributed by atoms with Crippen LogP contribution < -0.4 is 5.32 Å². The van der Waals surface area contributed by atoms with Gasteiger partial charge in [-0.2, -0.15) is 5.26 Å². The Hall–Kier alpha value is -2.71. The standard InChI is InChI=1S/C16H12N2O2S/c1-11(19)18-14-6-4-12(5-7-14)9-13(10-17)16(20)15-3-2-8-21-15/h2-9H,1H3,(H,18,19)/b13-9+. The average molecular weight is 296 g/mol. The molecule has 2 rings (SSSR count). The number of benzene rings is 1. The molecule has 0 aliphatic carbocycles. The lowest BCUT2D eigenvalue weighted by atomic mass is 10.1. The number of nitrogens with one attached hydrogen (secondary N) is 1. The fourth-order valence-corrected chi connectivity index (χ4v) is 2.40. The molecule has 0 unspecified atom stereocenters. The van der Waals surface area contributed by atoms with Gasteiger partial charge in [0.2, 0.25) is 11.7 Å². The zero-order valence-corrected chi connectivity index (χ0v) is 12.1. The summed E-state index contributed by atoms with van der Waals surface area (Å²) < 4.78 is 0. The highest BCUT2D eigenvalue weighted by atomic mass is 32.1. The van der Waals surface area contributed by atoms with Crippen LogP contribution in [0.4, 0.5) is 5.69 Å². The number of hydrogen-bond donors (Lipinski definition) is 1. The van der Waals surface area contributed by atoms with Crippen molar-refractivity contribution < 1.29 is 9.59 Å². The summed E-state index contributed by atoms with van der Waals surface area (Å²) in [5.74, 6) is -0.428. The second kappa shape index (κ2) is 6.64. The van der Waals surface area contributed by atoms with Crippen molar-refractivity contribution >= 4 is 34.8 Å². The fraction of sp³-hybridized carbons (Fsp3) is 0.0625. The molecule has 0 bridgehead atoms. The molecular formula is C16H12N2O2S. The number of Topliss-reactive ketones (excluding diaryl/α,β-unsaturated/α-hetero) is 1. The van der Waals surface area contributed by atoms with Crippen LogP contribution in [0.5, 0.6) is 0 Å². The van der Waals surface area contributed by atoms with Crippen LogP contribution in [0.25, 0.3) is 6.08 Å². The summed E-state index contributed by atoms with van der Waals surface area (Å²) in [6, 6.07) is 12.3. The minimum absolute atomic E-state index is 0.0877. The number of rotatable bonds is 4. The van der Waals surface area contributed by atoms with Crippen LogP contribution in [-0.4, -0.2) is 11.7 Å². The highest BCUT2D eigenvalue weighted by Gasteiger charge is 2.12. The monoisotopic (exact) mass is 296 g/mol. The Kier molecular flexibility index (Phi) is 4.64. The van der Waals surface area contributed by atoms with Gasteiger partial charge in [-0.05, 0) is 35.2 Å². The zero-order valence-electron chi connectivity index (χ0n) is 11.3. The van der Waals surface area contributed by atoms with E-state index < -0.39 is 0 Å². The van der Waals surface area contributed by atoms with E-state index in [1.165, 1.54) is 18.3 Å². The van der Waals surface area contributed by atoms with Crippen molar-refractivity contribution in [3.05, 3.63) is 57.8 Å². The minimum atomic E-state index is -0.279. The average Bonchev–Trinajstić information content (AvgIpc) is 2.99. The predicted molar refractivity (Wildman–Crippen MR) is 83.0 cm³/mol. The highest BCUT2D eigenvalue weighted by molar-refractivity contribution is 7.12. The van der Waals surface area contributed by atoms with Gasteiger partial charge >= 0.3 is 0 Å². The Balaban J connectivity index is 2.22. The molecule has 1 aromatic carbocycles. The third kappa shape index (κ3) is 3.88. The first-order chi connectivity index (χ1) is 10.1. The highest BCUT2D eigenvalue weighted by Crippen LogP contribution is 2.17. The summed E-state index contributed by atoms with van der Waals surface area (Å²) in [6.07, 6.45) is 1.54. The largest absolute Gasteiger partial charge is 0.326 e. The van der Waals surface area contributed by atoms with Gasteiger partial charge in [-0.25, -0.2) is 0 Å². The molecular weight excluding hydrogens is 284 g/mol. The summed E-state index contributed by atoms with van der Waals surface area (Å²) in [7, 11) is 0. The van der Waals surface area contributed by atoms with Crippen molar-refractivity contribution in [2.24, 2.45) is 0 Å². The molecule has 1 amide bonds. The van der Waals surface area contributed by atoms with E-state index >= 15 is 0 Å². The molecule has 0 atom stereocenters. The molecule has 5 heteroatoms. The number of allylic oxidation sites excluding steroid dienone is 1. The Morgan fingerprint density at radius 1 is 1.24 bits per heavy atom. The number of amides is 1. The van der Waals surface area contributed by atoms with Crippen molar-refractivity contribution in [3.63, 3.8) is 0 Å². The second-order valence-corrected chi connectivity index (χ2v) is 5.23. The van der Waals surface area contributed by atoms with Gasteiger partial charge in [-0.3, -0.25) is 9.59 Å². The number of nitrogens with zero attached hydrogens (tertiary/aromatic N) is 1. The predicted octanol–water partition coefficient (Wildman–Crippen LogP) is 3.50. The molecule has 0 saturated heterocycles. The maximum Gasteiger partial charge on any atom is 0.221 e. The molecule has 0 fully saturated rings. The van der Waals surface area contributed by atoms with Gasteiger partial charge in [0.1, 0.15) is 11.6 Å². The van der Waals surface area contributed by atoms with E-state index in [4.69, 9.17) is 5.26 Å². The maximum atomic E-state index is 12.1. The third-order valence-electron chi connectivity index (χ3n) is 2.65. The molecule has 1 aromatic heterocycles. The van der Waals surface area contributed by atoms with Crippen molar-refractivity contribution in [1.29, 1.82) is 5.26 Å². The first kappa shape index (κ1) is 14.7. The Bertz CT molecular complexity index is 723. The number of carbonyl (C=O) groups is 2. The third-order valence-corrected chi connectivity index (χ3v) is 3.52. The summed E-state index contributed by atoms with van der Waals surface area (Å²) in [6.45, 7) is 1.43. The normalized spacial score (nSPS) is 10.8. The van der Waals surface area contributed by atoms with E-state index in [1.54, 1.807) is 47.9 Å². The Morgan fingerprint density at radius 3 is 2.48 bits per heavy atom. The van der Waals surface area contributed by atoms with E-state index in [1.807, 2.05) is 6.07 Å². The van der Waals surface area contributed by atoms with Crippen LogP contribution in [0.2, 0.25) is 0 Å². The fourth-order valence-electron chi connectivity index (χ4n) is 1.72. The topological polar surface area (TPSA) is 70.0 Å². The molecule has 0 aliphatic heterocycles. The molecule has 1 heterocycles. The van der Waals surface area contributed by atoms with Gasteiger partial charge < -0.3 is 5.32 Å². The maximum absolute atomic E-state index is 12.1. The quantitative estimate of drug-likeness (QED) is 0.533. The molecule has 21 heavy (non-hydrogen) atoms. The van der Waals surface area contributed by atoms with Crippen LogP contribution in [-0.2, 0) is 4.79 Å². The SMILES string of the molecule is CC(=O)Nc1ccc(/C=C(\C#N)C(=O)c2cccs2)cc1. The number of hydrogen-bond acceptors (Lipinski definition) is 4. The number of carbonyl (C=O) groups excluding carboxylic acids is 2. The molecule has 0 radical (unpaired) electrons. The smallest absolute Gasteiger partial charge is 0.221 e. The van der Waals surface area contributed by atoms with Gasteiger partial charge in [-0.1, -0.05) is 18.2 Å². The van der Waals surface area contributed by atoms with Gasteiger partial charge in [0, 0.05) is 12.6 Å². The van der Waals surface area contributed by atoms with E-state index in [0.29, 0.717) is 10.6 Å². The number of anilines is 1. The van der Waals surface area contributed by atoms with Crippen molar-refractivity contribution in [1.82, 2.24) is 0 Å². The number of ketones is 1. The molecule has 104 valence electrons. The van der Waals surface area contributed by atoms with Crippen molar-refractivity contribution in [3.8, 4) is 6.07 Å². The van der Waals surface area contributed by atoms with Crippen LogP contribution in [0.3, 0.4) is 0 Å². The van der Waals surface area contributed by atoms with E-state index in [0.717, 1.165) is 5.56 Å². The zero-order chi connectivity index (χ0) is 15.2. The molecule has 0 aliphatic rings. The Labute approximate surface area is 126 Å². The molecule has 4 nitrogen and oxygen atoms in total. The van der Waals surface area contributed by atoms with Crippen molar-refractivity contribution in [2.75, 3.05) is 5.32 Å². The van der Waals surface area contributed by atoms with Gasteiger partial charge in [0.05, 0.1) is 4.88 Å². The molecule has 2 aromatic rings. The van der Waals surface area contributed by atoms with Crippen LogP contribution in [0, 0.1) is 11.3 Å². The summed E-state index contributed by atoms with van der Waals surface area (Å²) in [4.78, 5) is 23.6. The first-order valence-corrected chi connectivity index (χ1v) is 7.06. The lowest BCUT2D eigenvalue weighted by Gasteiger charge is -2.02. The van der Waals surface area contributed by atoms with E-state index in [9.17, 15) is 9.59 Å². The summed E-state index contributed by atoms with van der Waals surface area (Å²) in [5.41, 5.74) is 1.48. The van der Waals surface area contributed by atoms with Gasteiger partial charge in [0.15, 0.2) is 0 Å². The lowest BCUT2D eigenvalue weighted by Crippen LogP contribution is -2.05.